The van der Waals surface area contributed by atoms with E-state index in [4.69, 9.17) is 0 Å². The zero-order valence-corrected chi connectivity index (χ0v) is 10.4. The Morgan fingerprint density at radius 3 is 2.69 bits per heavy atom. The molecule has 4 heteroatoms. The first kappa shape index (κ1) is 11.9. The lowest BCUT2D eigenvalue weighted by Gasteiger charge is -2.39. The van der Waals surface area contributed by atoms with Crippen LogP contribution in [0, 0.1) is 5.92 Å². The first-order valence-corrected chi connectivity index (χ1v) is 6.42. The average molecular weight is 225 g/mol. The maximum absolute atomic E-state index is 12.4. The van der Waals surface area contributed by atoms with Crippen LogP contribution in [0.15, 0.2) is 0 Å². The van der Waals surface area contributed by atoms with Crippen LogP contribution in [0.3, 0.4) is 0 Å². The van der Waals surface area contributed by atoms with Gasteiger partial charge in [-0.05, 0) is 26.4 Å². The molecule has 2 aliphatic heterocycles. The molecular weight excluding hydrogens is 202 g/mol. The number of amides is 1. The molecule has 0 saturated carbocycles. The number of likely N-dealkylation sites (tertiary alicyclic amines) is 1. The Morgan fingerprint density at radius 1 is 1.50 bits per heavy atom. The molecule has 16 heavy (non-hydrogen) atoms. The highest BCUT2D eigenvalue weighted by molar-refractivity contribution is 5.80. The third-order valence-electron chi connectivity index (χ3n) is 3.69. The molecule has 0 bridgehead atoms. The Morgan fingerprint density at radius 2 is 2.25 bits per heavy atom. The quantitative estimate of drug-likeness (QED) is 0.740. The summed E-state index contributed by atoms with van der Waals surface area (Å²) in [6.45, 7) is 7.04. The first-order valence-electron chi connectivity index (χ1n) is 6.42. The van der Waals surface area contributed by atoms with Gasteiger partial charge in [0, 0.05) is 26.2 Å². The maximum atomic E-state index is 12.4. The second-order valence-electron chi connectivity index (χ2n) is 5.09. The van der Waals surface area contributed by atoms with Gasteiger partial charge in [-0.15, -0.1) is 0 Å². The highest BCUT2D eigenvalue weighted by Crippen LogP contribution is 2.19. The number of carbonyl (C=O) groups excluding carboxylic acids is 1. The number of hydrogen-bond acceptors (Lipinski definition) is 3. The smallest absolute Gasteiger partial charge is 0.227 e. The Balaban J connectivity index is 1.93. The van der Waals surface area contributed by atoms with Gasteiger partial charge >= 0.3 is 0 Å². The van der Waals surface area contributed by atoms with Crippen molar-refractivity contribution in [3.63, 3.8) is 0 Å². The van der Waals surface area contributed by atoms with E-state index in [9.17, 15) is 4.79 Å². The van der Waals surface area contributed by atoms with Crippen LogP contribution in [-0.4, -0.2) is 61.5 Å². The number of carbonyl (C=O) groups is 1. The van der Waals surface area contributed by atoms with Crippen molar-refractivity contribution in [2.75, 3.05) is 39.8 Å². The largest absolute Gasteiger partial charge is 0.337 e. The summed E-state index contributed by atoms with van der Waals surface area (Å²) in [7, 11) is 2.10. The fourth-order valence-electron chi connectivity index (χ4n) is 2.58. The zero-order valence-electron chi connectivity index (χ0n) is 10.4. The molecule has 92 valence electrons. The van der Waals surface area contributed by atoms with Gasteiger partial charge in [0.25, 0.3) is 0 Å². The molecule has 4 nitrogen and oxygen atoms in total. The van der Waals surface area contributed by atoms with Gasteiger partial charge in [-0.3, -0.25) is 4.79 Å². The number of nitrogens with zero attached hydrogens (tertiary/aromatic N) is 2. The summed E-state index contributed by atoms with van der Waals surface area (Å²) < 4.78 is 0. The summed E-state index contributed by atoms with van der Waals surface area (Å²) in [5.41, 5.74) is 0. The monoisotopic (exact) mass is 225 g/mol. The molecule has 0 radical (unpaired) electrons. The lowest BCUT2D eigenvalue weighted by atomic mass is 10.0. The van der Waals surface area contributed by atoms with E-state index in [1.165, 1.54) is 0 Å². The summed E-state index contributed by atoms with van der Waals surface area (Å²) in [5.74, 6) is 0.634. The fraction of sp³-hybridized carbons (Fsp3) is 0.917. The molecule has 2 aliphatic rings. The van der Waals surface area contributed by atoms with Crippen LogP contribution in [0.4, 0.5) is 0 Å². The number of hydrogen-bond donors (Lipinski definition) is 1. The molecule has 1 N–H and O–H groups in total. The summed E-state index contributed by atoms with van der Waals surface area (Å²) in [6, 6.07) is 0.457. The van der Waals surface area contributed by atoms with E-state index in [0.29, 0.717) is 11.9 Å². The summed E-state index contributed by atoms with van der Waals surface area (Å²) >= 11 is 0. The van der Waals surface area contributed by atoms with Gasteiger partial charge in [0.1, 0.15) is 0 Å². The molecule has 0 aromatic heterocycles. The van der Waals surface area contributed by atoms with Crippen LogP contribution >= 0.6 is 0 Å². The second-order valence-corrected chi connectivity index (χ2v) is 5.09. The fourth-order valence-corrected chi connectivity index (χ4v) is 2.58. The Hall–Kier alpha value is -0.610. The molecule has 2 fully saturated rings. The van der Waals surface area contributed by atoms with Crippen molar-refractivity contribution in [1.29, 1.82) is 0 Å². The van der Waals surface area contributed by atoms with E-state index >= 15 is 0 Å². The van der Waals surface area contributed by atoms with Crippen LogP contribution < -0.4 is 5.32 Å². The lowest BCUT2D eigenvalue weighted by Crippen LogP contribution is -2.60. The van der Waals surface area contributed by atoms with Crippen LogP contribution in [0.5, 0.6) is 0 Å². The minimum absolute atomic E-state index is 0.247. The van der Waals surface area contributed by atoms with E-state index < -0.39 is 0 Å². The molecule has 2 heterocycles. The van der Waals surface area contributed by atoms with Crippen LogP contribution in [0.25, 0.3) is 0 Å². The van der Waals surface area contributed by atoms with E-state index in [1.807, 2.05) is 0 Å². The van der Waals surface area contributed by atoms with Crippen LogP contribution in [0.1, 0.15) is 19.8 Å². The topological polar surface area (TPSA) is 35.6 Å². The predicted octanol–water partition coefficient (Wildman–Crippen LogP) is 0.149. The van der Waals surface area contributed by atoms with Crippen LogP contribution in [-0.2, 0) is 4.79 Å². The molecular formula is C12H23N3O. The highest BCUT2D eigenvalue weighted by atomic mass is 16.2. The third-order valence-corrected chi connectivity index (χ3v) is 3.69. The summed E-state index contributed by atoms with van der Waals surface area (Å²) in [4.78, 5) is 16.8. The van der Waals surface area contributed by atoms with Crippen molar-refractivity contribution in [1.82, 2.24) is 15.1 Å². The molecule has 0 aliphatic carbocycles. The molecule has 2 rings (SSSR count). The van der Waals surface area contributed by atoms with Crippen LogP contribution in [0.2, 0.25) is 0 Å². The number of nitrogens with one attached hydrogen (secondary N) is 1. The SMILES string of the molecule is CCCN(C(=O)C1CCN(C)C1)C1CNC1. The van der Waals surface area contributed by atoms with Gasteiger partial charge in [-0.2, -0.15) is 0 Å². The van der Waals surface area contributed by atoms with Gasteiger partial charge in [-0.1, -0.05) is 6.92 Å². The highest BCUT2D eigenvalue weighted by Gasteiger charge is 2.34. The molecule has 1 amide bonds. The summed E-state index contributed by atoms with van der Waals surface area (Å²) in [6.07, 6.45) is 2.10. The van der Waals surface area contributed by atoms with Gasteiger partial charge in [0.05, 0.1) is 12.0 Å². The van der Waals surface area contributed by atoms with E-state index in [-0.39, 0.29) is 5.92 Å². The van der Waals surface area contributed by atoms with Gasteiger partial charge in [0.15, 0.2) is 0 Å². The minimum atomic E-state index is 0.247. The minimum Gasteiger partial charge on any atom is -0.337 e. The van der Waals surface area contributed by atoms with Crippen molar-refractivity contribution in [3.8, 4) is 0 Å². The van der Waals surface area contributed by atoms with Gasteiger partial charge < -0.3 is 15.1 Å². The number of rotatable bonds is 4. The molecule has 0 aromatic rings. The predicted molar refractivity (Wildman–Crippen MR) is 64.3 cm³/mol. The maximum Gasteiger partial charge on any atom is 0.227 e. The molecule has 2 saturated heterocycles. The molecule has 0 aromatic carbocycles. The third kappa shape index (κ3) is 2.38. The van der Waals surface area contributed by atoms with Crippen molar-refractivity contribution >= 4 is 5.91 Å². The zero-order chi connectivity index (χ0) is 11.5. The van der Waals surface area contributed by atoms with Crippen molar-refractivity contribution in [2.24, 2.45) is 5.92 Å². The normalized spacial score (nSPS) is 26.8. The first-order chi connectivity index (χ1) is 7.72. The second kappa shape index (κ2) is 5.15. The molecule has 1 unspecified atom stereocenters. The molecule has 1 atom stereocenters. The molecule has 0 spiro atoms. The van der Waals surface area contributed by atoms with E-state index in [2.05, 4.69) is 29.1 Å². The Bertz CT molecular complexity index is 253. The standard InChI is InChI=1S/C12H23N3O/c1-3-5-15(11-7-13-8-11)12(16)10-4-6-14(2)9-10/h10-11,13H,3-9H2,1-2H3. The Kier molecular flexibility index (Phi) is 3.82. The van der Waals surface area contributed by atoms with Crippen molar-refractivity contribution in [2.45, 2.75) is 25.8 Å². The van der Waals surface area contributed by atoms with E-state index in [1.54, 1.807) is 0 Å². The van der Waals surface area contributed by atoms with E-state index in [0.717, 1.165) is 45.6 Å². The van der Waals surface area contributed by atoms with Gasteiger partial charge in [0.2, 0.25) is 5.91 Å². The lowest BCUT2D eigenvalue weighted by molar-refractivity contribution is -0.138. The average Bonchev–Trinajstić information content (AvgIpc) is 2.60. The Labute approximate surface area is 98.0 Å². The van der Waals surface area contributed by atoms with Crippen molar-refractivity contribution in [3.05, 3.63) is 0 Å². The van der Waals surface area contributed by atoms with Crippen molar-refractivity contribution < 1.29 is 4.79 Å². The summed E-state index contributed by atoms with van der Waals surface area (Å²) in [5, 5.41) is 3.25. The van der Waals surface area contributed by atoms with Gasteiger partial charge in [-0.25, -0.2) is 0 Å².